The van der Waals surface area contributed by atoms with E-state index in [1.54, 1.807) is 0 Å². The first-order chi connectivity index (χ1) is 9.19. The molecule has 2 aliphatic rings. The first-order valence-corrected chi connectivity index (χ1v) is 8.64. The fourth-order valence-corrected chi connectivity index (χ4v) is 3.85. The Morgan fingerprint density at radius 1 is 1.11 bits per heavy atom. The lowest BCUT2D eigenvalue weighted by molar-refractivity contribution is 0.117. The molecule has 1 aliphatic carbocycles. The topological polar surface area (TPSA) is 15.3 Å². The van der Waals surface area contributed by atoms with E-state index < -0.39 is 0 Å². The first-order valence-electron chi connectivity index (χ1n) is 8.64. The number of rotatable bonds is 5. The molecular formula is C17H34N2. The van der Waals surface area contributed by atoms with Gasteiger partial charge in [0.2, 0.25) is 0 Å². The van der Waals surface area contributed by atoms with Gasteiger partial charge in [-0.05, 0) is 50.1 Å². The lowest BCUT2D eigenvalue weighted by Crippen LogP contribution is -2.51. The molecule has 0 aromatic carbocycles. The number of hydrogen-bond donors (Lipinski definition) is 1. The average molecular weight is 266 g/mol. The molecule has 2 nitrogen and oxygen atoms in total. The van der Waals surface area contributed by atoms with Gasteiger partial charge in [-0.25, -0.2) is 0 Å². The molecule has 19 heavy (non-hydrogen) atoms. The van der Waals surface area contributed by atoms with Gasteiger partial charge < -0.3 is 10.2 Å². The van der Waals surface area contributed by atoms with Crippen LogP contribution in [0.3, 0.4) is 0 Å². The molecule has 0 aromatic heterocycles. The molecule has 2 atom stereocenters. The molecule has 2 heteroatoms. The van der Waals surface area contributed by atoms with Crippen molar-refractivity contribution in [1.29, 1.82) is 0 Å². The molecule has 2 rings (SSSR count). The van der Waals surface area contributed by atoms with E-state index >= 15 is 0 Å². The Kier molecular flexibility index (Phi) is 6.15. The zero-order valence-corrected chi connectivity index (χ0v) is 13.3. The summed E-state index contributed by atoms with van der Waals surface area (Å²) in [6.45, 7) is 12.2. The smallest absolute Gasteiger partial charge is 0.0198 e. The molecule has 0 radical (unpaired) electrons. The standard InChI is InChI=1S/C17H34N2/c1-4-19-12-16(14(2)3)10-17(13-19)18-11-15-8-6-5-7-9-15/h14-18H,4-13H2,1-3H3. The molecule has 1 aliphatic heterocycles. The Morgan fingerprint density at radius 3 is 2.47 bits per heavy atom. The second kappa shape index (κ2) is 7.64. The summed E-state index contributed by atoms with van der Waals surface area (Å²) >= 11 is 0. The summed E-state index contributed by atoms with van der Waals surface area (Å²) in [5.74, 6) is 2.68. The van der Waals surface area contributed by atoms with Gasteiger partial charge in [0.05, 0.1) is 0 Å². The van der Waals surface area contributed by atoms with Crippen LogP contribution in [0.15, 0.2) is 0 Å². The first kappa shape index (κ1) is 15.3. The molecule has 1 saturated heterocycles. The van der Waals surface area contributed by atoms with E-state index in [2.05, 4.69) is 31.0 Å². The van der Waals surface area contributed by atoms with E-state index in [0.717, 1.165) is 23.8 Å². The molecule has 1 heterocycles. The maximum absolute atomic E-state index is 3.90. The van der Waals surface area contributed by atoms with Crippen LogP contribution in [0.4, 0.5) is 0 Å². The van der Waals surface area contributed by atoms with E-state index in [1.807, 2.05) is 0 Å². The minimum Gasteiger partial charge on any atom is -0.312 e. The van der Waals surface area contributed by atoms with E-state index in [-0.39, 0.29) is 0 Å². The molecule has 0 amide bonds. The lowest BCUT2D eigenvalue weighted by Gasteiger charge is -2.40. The van der Waals surface area contributed by atoms with Crippen LogP contribution in [-0.4, -0.2) is 37.1 Å². The van der Waals surface area contributed by atoms with E-state index in [1.165, 1.54) is 64.7 Å². The molecular weight excluding hydrogens is 232 g/mol. The summed E-state index contributed by atoms with van der Waals surface area (Å²) in [7, 11) is 0. The van der Waals surface area contributed by atoms with Crippen molar-refractivity contribution in [3.8, 4) is 0 Å². The summed E-state index contributed by atoms with van der Waals surface area (Å²) in [6, 6.07) is 0.739. The van der Waals surface area contributed by atoms with Crippen molar-refractivity contribution in [3.05, 3.63) is 0 Å². The van der Waals surface area contributed by atoms with Crippen LogP contribution in [0.5, 0.6) is 0 Å². The van der Waals surface area contributed by atoms with Gasteiger partial charge in [0.25, 0.3) is 0 Å². The van der Waals surface area contributed by atoms with Crippen LogP contribution in [0, 0.1) is 17.8 Å². The molecule has 112 valence electrons. The predicted octanol–water partition coefficient (Wildman–Crippen LogP) is 3.52. The Bertz CT molecular complexity index is 246. The van der Waals surface area contributed by atoms with Crippen LogP contribution in [0.1, 0.15) is 59.3 Å². The number of nitrogens with one attached hydrogen (secondary N) is 1. The van der Waals surface area contributed by atoms with Gasteiger partial charge in [0.1, 0.15) is 0 Å². The van der Waals surface area contributed by atoms with Crippen molar-refractivity contribution in [2.24, 2.45) is 17.8 Å². The van der Waals surface area contributed by atoms with Crippen molar-refractivity contribution < 1.29 is 0 Å². The lowest BCUT2D eigenvalue weighted by atomic mass is 9.84. The third-order valence-corrected chi connectivity index (χ3v) is 5.37. The van der Waals surface area contributed by atoms with Gasteiger partial charge >= 0.3 is 0 Å². The summed E-state index contributed by atoms with van der Waals surface area (Å²) in [5, 5.41) is 3.90. The predicted molar refractivity (Wildman–Crippen MR) is 83.4 cm³/mol. The van der Waals surface area contributed by atoms with E-state index in [9.17, 15) is 0 Å². The Morgan fingerprint density at radius 2 is 1.84 bits per heavy atom. The van der Waals surface area contributed by atoms with Crippen molar-refractivity contribution >= 4 is 0 Å². The quantitative estimate of drug-likeness (QED) is 0.819. The third-order valence-electron chi connectivity index (χ3n) is 5.37. The van der Waals surface area contributed by atoms with Crippen molar-refractivity contribution in [3.63, 3.8) is 0 Å². The highest BCUT2D eigenvalue weighted by molar-refractivity contribution is 4.85. The molecule has 1 N–H and O–H groups in total. The number of piperidine rings is 1. The fraction of sp³-hybridized carbons (Fsp3) is 1.00. The zero-order valence-electron chi connectivity index (χ0n) is 13.3. The molecule has 2 unspecified atom stereocenters. The maximum Gasteiger partial charge on any atom is 0.0198 e. The van der Waals surface area contributed by atoms with Crippen molar-refractivity contribution in [2.45, 2.75) is 65.3 Å². The molecule has 0 spiro atoms. The van der Waals surface area contributed by atoms with Crippen molar-refractivity contribution in [2.75, 3.05) is 26.2 Å². The zero-order chi connectivity index (χ0) is 13.7. The maximum atomic E-state index is 3.90. The molecule has 0 bridgehead atoms. The molecule has 0 aromatic rings. The minimum absolute atomic E-state index is 0.739. The van der Waals surface area contributed by atoms with Gasteiger partial charge in [-0.2, -0.15) is 0 Å². The summed E-state index contributed by atoms with van der Waals surface area (Å²) < 4.78 is 0. The van der Waals surface area contributed by atoms with E-state index in [4.69, 9.17) is 0 Å². The minimum atomic E-state index is 0.739. The average Bonchev–Trinajstić information content (AvgIpc) is 2.45. The molecule has 1 saturated carbocycles. The highest BCUT2D eigenvalue weighted by Gasteiger charge is 2.28. The number of likely N-dealkylation sites (tertiary alicyclic amines) is 1. The van der Waals surface area contributed by atoms with E-state index in [0.29, 0.717) is 0 Å². The second-order valence-electron chi connectivity index (χ2n) is 7.20. The number of nitrogens with zero attached hydrogens (tertiary/aromatic N) is 1. The number of hydrogen-bond acceptors (Lipinski definition) is 2. The second-order valence-corrected chi connectivity index (χ2v) is 7.20. The van der Waals surface area contributed by atoms with Gasteiger partial charge in [-0.3, -0.25) is 0 Å². The third kappa shape index (κ3) is 4.75. The summed E-state index contributed by atoms with van der Waals surface area (Å²) in [5.41, 5.74) is 0. The van der Waals surface area contributed by atoms with Gasteiger partial charge in [0, 0.05) is 19.1 Å². The van der Waals surface area contributed by atoms with Crippen LogP contribution in [0.2, 0.25) is 0 Å². The van der Waals surface area contributed by atoms with Gasteiger partial charge in [-0.1, -0.05) is 40.0 Å². The summed E-state index contributed by atoms with van der Waals surface area (Å²) in [4.78, 5) is 2.65. The van der Waals surface area contributed by atoms with Gasteiger partial charge in [0.15, 0.2) is 0 Å². The van der Waals surface area contributed by atoms with Crippen molar-refractivity contribution in [1.82, 2.24) is 10.2 Å². The molecule has 2 fully saturated rings. The summed E-state index contributed by atoms with van der Waals surface area (Å²) in [6.07, 6.45) is 8.72. The largest absolute Gasteiger partial charge is 0.312 e. The van der Waals surface area contributed by atoms with Crippen LogP contribution in [0.25, 0.3) is 0 Å². The monoisotopic (exact) mass is 266 g/mol. The van der Waals surface area contributed by atoms with Crippen LogP contribution < -0.4 is 5.32 Å². The SMILES string of the molecule is CCN1CC(NCC2CCCCC2)CC(C(C)C)C1. The van der Waals surface area contributed by atoms with Crippen LogP contribution in [-0.2, 0) is 0 Å². The Labute approximate surface area is 120 Å². The fourth-order valence-electron chi connectivity index (χ4n) is 3.85. The van der Waals surface area contributed by atoms with Gasteiger partial charge in [-0.15, -0.1) is 0 Å². The normalized spacial score (nSPS) is 30.9. The van der Waals surface area contributed by atoms with Crippen LogP contribution >= 0.6 is 0 Å². The Hall–Kier alpha value is -0.0800. The highest BCUT2D eigenvalue weighted by Crippen LogP contribution is 2.26. The highest BCUT2D eigenvalue weighted by atomic mass is 15.2. The number of likely N-dealkylation sites (N-methyl/N-ethyl adjacent to an activating group) is 1. The Balaban J connectivity index is 1.77.